The molecule has 0 bridgehead atoms. The Balaban J connectivity index is 1.39. The molecule has 2 aromatic carbocycles. The summed E-state index contributed by atoms with van der Waals surface area (Å²) in [7, 11) is 0. The van der Waals surface area contributed by atoms with Crippen LogP contribution in [0.1, 0.15) is 49.4 Å². The number of hydrogen-bond donors (Lipinski definition) is 0. The number of benzene rings is 2. The molecule has 0 unspecified atom stereocenters. The van der Waals surface area contributed by atoms with E-state index in [4.69, 9.17) is 9.15 Å². The molecule has 0 fully saturated rings. The molecule has 0 saturated carbocycles. The fraction of sp³-hybridized carbons (Fsp3) is 0.214. The van der Waals surface area contributed by atoms with E-state index in [1.807, 2.05) is 18.2 Å². The number of nitrogens with zero attached hydrogens (tertiary/aromatic N) is 3. The van der Waals surface area contributed by atoms with E-state index in [-0.39, 0.29) is 16.9 Å². The standard InChI is InChI=1S/C28H25N3O4S/c1-5-34-26(33)19-8-6-17(7-9-19)22-15-14-21(35-22)16-23-25(32)31-27(36-23)29-24(30-31)18-10-12-20(13-11-18)28(2,3)4/h6-16H,5H2,1-4H3. The van der Waals surface area contributed by atoms with Crippen LogP contribution in [0.5, 0.6) is 0 Å². The minimum atomic E-state index is -0.359. The number of aromatic nitrogens is 3. The van der Waals surface area contributed by atoms with Crippen LogP contribution >= 0.6 is 11.3 Å². The number of furan rings is 1. The molecule has 0 atom stereocenters. The van der Waals surface area contributed by atoms with E-state index in [0.717, 1.165) is 11.1 Å². The first-order valence-electron chi connectivity index (χ1n) is 11.6. The molecule has 0 N–H and O–H groups in total. The zero-order valence-electron chi connectivity index (χ0n) is 20.4. The van der Waals surface area contributed by atoms with Crippen molar-refractivity contribution in [3.05, 3.63) is 92.4 Å². The second-order valence-corrected chi connectivity index (χ2v) is 10.4. The molecule has 7 nitrogen and oxygen atoms in total. The fourth-order valence-electron chi connectivity index (χ4n) is 3.78. The second-order valence-electron chi connectivity index (χ2n) is 9.37. The quantitative estimate of drug-likeness (QED) is 0.313. The van der Waals surface area contributed by atoms with Gasteiger partial charge in [0.25, 0.3) is 5.56 Å². The van der Waals surface area contributed by atoms with Gasteiger partial charge in [0.15, 0.2) is 5.82 Å². The zero-order chi connectivity index (χ0) is 25.4. The fourth-order valence-corrected chi connectivity index (χ4v) is 4.66. The Labute approximate surface area is 211 Å². The molecule has 3 aromatic heterocycles. The molecule has 36 heavy (non-hydrogen) atoms. The van der Waals surface area contributed by atoms with Gasteiger partial charge in [-0.15, -0.1) is 5.10 Å². The topological polar surface area (TPSA) is 86.7 Å². The number of thiazole rings is 1. The normalized spacial score (nSPS) is 12.4. The van der Waals surface area contributed by atoms with Crippen LogP contribution in [-0.4, -0.2) is 27.2 Å². The van der Waals surface area contributed by atoms with E-state index in [1.165, 1.54) is 21.4 Å². The summed E-state index contributed by atoms with van der Waals surface area (Å²) in [5.74, 6) is 1.34. The van der Waals surface area contributed by atoms with Gasteiger partial charge in [0.1, 0.15) is 16.1 Å². The molecule has 5 aromatic rings. The first-order chi connectivity index (χ1) is 17.2. The Kier molecular flexibility index (Phi) is 6.05. The molecular weight excluding hydrogens is 474 g/mol. The van der Waals surface area contributed by atoms with Crippen LogP contribution in [0, 0.1) is 0 Å². The minimum Gasteiger partial charge on any atom is -0.462 e. The number of esters is 1. The predicted molar refractivity (Wildman–Crippen MR) is 140 cm³/mol. The van der Waals surface area contributed by atoms with Gasteiger partial charge in [-0.05, 0) is 42.2 Å². The van der Waals surface area contributed by atoms with Crippen molar-refractivity contribution in [2.24, 2.45) is 0 Å². The van der Waals surface area contributed by atoms with Crippen LogP contribution in [0.4, 0.5) is 0 Å². The summed E-state index contributed by atoms with van der Waals surface area (Å²) in [5.41, 5.74) is 3.21. The van der Waals surface area contributed by atoms with Crippen molar-refractivity contribution >= 4 is 28.3 Å². The lowest BCUT2D eigenvalue weighted by molar-refractivity contribution is 0.0526. The zero-order valence-corrected chi connectivity index (χ0v) is 21.3. The molecule has 182 valence electrons. The third-order valence-corrected chi connectivity index (χ3v) is 6.73. The minimum absolute atomic E-state index is 0.0608. The van der Waals surface area contributed by atoms with Crippen molar-refractivity contribution in [1.82, 2.24) is 14.6 Å². The monoisotopic (exact) mass is 499 g/mol. The Morgan fingerprint density at radius 3 is 2.36 bits per heavy atom. The third kappa shape index (κ3) is 4.59. The SMILES string of the molecule is CCOC(=O)c1ccc(-c2ccc(C=c3sc4nc(-c5ccc(C(C)(C)C)cc5)nn4c3=O)o2)cc1. The van der Waals surface area contributed by atoms with Gasteiger partial charge in [-0.2, -0.15) is 9.50 Å². The van der Waals surface area contributed by atoms with Gasteiger partial charge in [0, 0.05) is 17.2 Å². The maximum Gasteiger partial charge on any atom is 0.338 e. The number of hydrogen-bond acceptors (Lipinski definition) is 7. The van der Waals surface area contributed by atoms with Gasteiger partial charge in [0.05, 0.1) is 12.2 Å². The molecule has 0 aliphatic carbocycles. The van der Waals surface area contributed by atoms with Gasteiger partial charge in [-0.25, -0.2) is 4.79 Å². The Hall–Kier alpha value is -4.04. The summed E-state index contributed by atoms with van der Waals surface area (Å²) in [6.07, 6.45) is 1.69. The average Bonchev–Trinajstić information content (AvgIpc) is 3.56. The molecular formula is C28H25N3O4S. The van der Waals surface area contributed by atoms with Crippen molar-refractivity contribution in [1.29, 1.82) is 0 Å². The summed E-state index contributed by atoms with van der Waals surface area (Å²) < 4.78 is 12.8. The maximum absolute atomic E-state index is 12.9. The van der Waals surface area contributed by atoms with Gasteiger partial charge in [-0.3, -0.25) is 4.79 Å². The van der Waals surface area contributed by atoms with Crippen molar-refractivity contribution in [2.45, 2.75) is 33.1 Å². The summed E-state index contributed by atoms with van der Waals surface area (Å²) >= 11 is 1.27. The Bertz CT molecular complexity index is 1650. The third-order valence-electron chi connectivity index (χ3n) is 5.77. The molecule has 0 aliphatic heterocycles. The molecule has 0 saturated heterocycles. The van der Waals surface area contributed by atoms with Gasteiger partial charge >= 0.3 is 5.97 Å². The van der Waals surface area contributed by atoms with E-state index in [0.29, 0.717) is 39.0 Å². The van der Waals surface area contributed by atoms with Crippen LogP contribution in [0.2, 0.25) is 0 Å². The van der Waals surface area contributed by atoms with Crippen LogP contribution in [0.15, 0.2) is 69.9 Å². The number of carbonyl (C=O) groups is 1. The van der Waals surface area contributed by atoms with Crippen molar-refractivity contribution in [3.63, 3.8) is 0 Å². The Morgan fingerprint density at radius 2 is 1.72 bits per heavy atom. The summed E-state index contributed by atoms with van der Waals surface area (Å²) in [6, 6.07) is 18.7. The molecule has 8 heteroatoms. The molecule has 0 radical (unpaired) electrons. The van der Waals surface area contributed by atoms with E-state index in [9.17, 15) is 9.59 Å². The first-order valence-corrected chi connectivity index (χ1v) is 12.4. The number of rotatable bonds is 5. The van der Waals surface area contributed by atoms with Gasteiger partial charge < -0.3 is 9.15 Å². The average molecular weight is 500 g/mol. The Morgan fingerprint density at radius 1 is 1.03 bits per heavy atom. The highest BCUT2D eigenvalue weighted by Crippen LogP contribution is 2.26. The number of ether oxygens (including phenoxy) is 1. The number of fused-ring (bicyclic) bond motifs is 1. The van der Waals surface area contributed by atoms with Crippen molar-refractivity contribution < 1.29 is 13.9 Å². The maximum atomic E-state index is 12.9. The van der Waals surface area contributed by atoms with E-state index in [1.54, 1.807) is 43.3 Å². The van der Waals surface area contributed by atoms with Crippen LogP contribution in [0.3, 0.4) is 0 Å². The lowest BCUT2D eigenvalue weighted by Crippen LogP contribution is -2.23. The van der Waals surface area contributed by atoms with E-state index >= 15 is 0 Å². The molecule has 3 heterocycles. The summed E-state index contributed by atoms with van der Waals surface area (Å²) in [5, 5.41) is 4.44. The van der Waals surface area contributed by atoms with Gasteiger partial charge in [-0.1, -0.05) is 68.5 Å². The molecule has 0 amide bonds. The van der Waals surface area contributed by atoms with E-state index < -0.39 is 0 Å². The lowest BCUT2D eigenvalue weighted by atomic mass is 9.87. The molecule has 5 rings (SSSR count). The second kappa shape index (κ2) is 9.20. The number of carbonyl (C=O) groups excluding carboxylic acids is 1. The van der Waals surface area contributed by atoms with Gasteiger partial charge in [0.2, 0.25) is 4.96 Å². The van der Waals surface area contributed by atoms with Crippen LogP contribution in [-0.2, 0) is 10.2 Å². The van der Waals surface area contributed by atoms with Crippen molar-refractivity contribution in [3.8, 4) is 22.7 Å². The first kappa shape index (κ1) is 23.7. The molecule has 0 aliphatic rings. The highest BCUT2D eigenvalue weighted by Gasteiger charge is 2.16. The van der Waals surface area contributed by atoms with Crippen LogP contribution in [0.25, 0.3) is 33.7 Å². The largest absolute Gasteiger partial charge is 0.462 e. The summed E-state index contributed by atoms with van der Waals surface area (Å²) in [6.45, 7) is 8.59. The smallest absolute Gasteiger partial charge is 0.338 e. The molecule has 0 spiro atoms. The van der Waals surface area contributed by atoms with Crippen molar-refractivity contribution in [2.75, 3.05) is 6.61 Å². The highest BCUT2D eigenvalue weighted by atomic mass is 32.1. The highest BCUT2D eigenvalue weighted by molar-refractivity contribution is 7.15. The predicted octanol–water partition coefficient (Wildman–Crippen LogP) is 5.10. The van der Waals surface area contributed by atoms with E-state index in [2.05, 4.69) is 43.0 Å². The summed E-state index contributed by atoms with van der Waals surface area (Å²) in [4.78, 5) is 29.9. The lowest BCUT2D eigenvalue weighted by Gasteiger charge is -2.18. The van der Waals surface area contributed by atoms with Crippen LogP contribution < -0.4 is 10.1 Å².